The standard InChI is InChI=1S/C26H28FN3O4S/c1-3-18(2)30-35(33,34)23-15-13-22(14-16-23)28-26(32)24(17-19-7-5-4-6-8-19)29-25(31)20-9-11-21(27)12-10-20/h4-16,18,24,30H,3,17H2,1-2H3,(H,28,32)(H,29,31)/t18-,24?/m1/s1. The van der Waals surface area contributed by atoms with Gasteiger partial charge >= 0.3 is 0 Å². The molecule has 2 atom stereocenters. The second-order valence-corrected chi connectivity index (χ2v) is 9.88. The lowest BCUT2D eigenvalue weighted by Crippen LogP contribution is -2.45. The third-order valence-corrected chi connectivity index (χ3v) is 7.02. The Hall–Kier alpha value is -3.56. The van der Waals surface area contributed by atoms with Gasteiger partial charge in [-0.2, -0.15) is 0 Å². The van der Waals surface area contributed by atoms with Crippen LogP contribution in [0.1, 0.15) is 36.2 Å². The zero-order valence-corrected chi connectivity index (χ0v) is 20.3. The SMILES string of the molecule is CC[C@@H](C)NS(=O)(=O)c1ccc(NC(=O)C(Cc2ccccc2)NC(=O)c2ccc(F)cc2)cc1. The lowest BCUT2D eigenvalue weighted by Gasteiger charge is -2.19. The van der Waals surface area contributed by atoms with Crippen molar-refractivity contribution in [3.63, 3.8) is 0 Å². The Kier molecular flexibility index (Phi) is 8.73. The number of hydrogen-bond donors (Lipinski definition) is 3. The predicted octanol–water partition coefficient (Wildman–Crippen LogP) is 3.88. The van der Waals surface area contributed by atoms with Crippen molar-refractivity contribution in [3.05, 3.63) is 95.8 Å². The highest BCUT2D eigenvalue weighted by Gasteiger charge is 2.23. The van der Waals surface area contributed by atoms with Gasteiger partial charge in [0.15, 0.2) is 0 Å². The van der Waals surface area contributed by atoms with Gasteiger partial charge in [-0.1, -0.05) is 37.3 Å². The van der Waals surface area contributed by atoms with Crippen LogP contribution in [-0.4, -0.2) is 32.3 Å². The molecule has 184 valence electrons. The van der Waals surface area contributed by atoms with Crippen molar-refractivity contribution < 1.29 is 22.4 Å². The summed E-state index contributed by atoms with van der Waals surface area (Å²) in [4.78, 5) is 25.9. The smallest absolute Gasteiger partial charge is 0.251 e. The number of amides is 2. The molecule has 3 aromatic carbocycles. The molecule has 0 aliphatic heterocycles. The van der Waals surface area contributed by atoms with Gasteiger partial charge in [0.05, 0.1) is 4.90 Å². The Balaban J connectivity index is 1.75. The van der Waals surface area contributed by atoms with Crippen molar-refractivity contribution in [1.29, 1.82) is 0 Å². The number of benzene rings is 3. The van der Waals surface area contributed by atoms with Crippen molar-refractivity contribution in [2.75, 3.05) is 5.32 Å². The summed E-state index contributed by atoms with van der Waals surface area (Å²) >= 11 is 0. The summed E-state index contributed by atoms with van der Waals surface area (Å²) in [6.07, 6.45) is 0.880. The van der Waals surface area contributed by atoms with Crippen molar-refractivity contribution in [2.45, 2.75) is 43.7 Å². The minimum atomic E-state index is -3.67. The normalized spacial score (nSPS) is 13.0. The van der Waals surface area contributed by atoms with Crippen molar-refractivity contribution in [2.24, 2.45) is 0 Å². The van der Waals surface area contributed by atoms with Crippen LogP contribution in [-0.2, 0) is 21.2 Å². The minimum absolute atomic E-state index is 0.0845. The number of carbonyl (C=O) groups is 2. The molecule has 1 unspecified atom stereocenters. The number of sulfonamides is 1. The summed E-state index contributed by atoms with van der Waals surface area (Å²) in [5.74, 6) is -1.46. The molecule has 0 aliphatic rings. The van der Waals surface area contributed by atoms with Gasteiger partial charge in [0.1, 0.15) is 11.9 Å². The highest BCUT2D eigenvalue weighted by molar-refractivity contribution is 7.89. The van der Waals surface area contributed by atoms with E-state index in [0.29, 0.717) is 12.1 Å². The molecule has 0 saturated heterocycles. The van der Waals surface area contributed by atoms with Gasteiger partial charge in [-0.25, -0.2) is 17.5 Å². The van der Waals surface area contributed by atoms with Gasteiger partial charge in [-0.3, -0.25) is 9.59 Å². The maximum atomic E-state index is 13.2. The van der Waals surface area contributed by atoms with Gasteiger partial charge in [-0.15, -0.1) is 0 Å². The minimum Gasteiger partial charge on any atom is -0.340 e. The molecule has 0 saturated carbocycles. The molecule has 2 amide bonds. The van der Waals surface area contributed by atoms with Crippen LogP contribution in [0, 0.1) is 5.82 Å². The number of rotatable bonds is 10. The van der Waals surface area contributed by atoms with Crippen LogP contribution in [0.4, 0.5) is 10.1 Å². The Bertz CT molecular complexity index is 1250. The van der Waals surface area contributed by atoms with Crippen LogP contribution in [0.15, 0.2) is 83.8 Å². The van der Waals surface area contributed by atoms with E-state index in [1.54, 1.807) is 6.92 Å². The first-order chi connectivity index (χ1) is 16.7. The Labute approximate surface area is 204 Å². The summed E-state index contributed by atoms with van der Waals surface area (Å²) in [6, 6.07) is 18.9. The maximum Gasteiger partial charge on any atom is 0.251 e. The fraction of sp³-hybridized carbons (Fsp3) is 0.231. The molecule has 35 heavy (non-hydrogen) atoms. The zero-order chi connectivity index (χ0) is 25.4. The van der Waals surface area contributed by atoms with Crippen LogP contribution in [0.25, 0.3) is 0 Å². The zero-order valence-electron chi connectivity index (χ0n) is 19.5. The summed E-state index contributed by atoms with van der Waals surface area (Å²) in [5, 5.41) is 5.44. The van der Waals surface area contributed by atoms with Crippen molar-refractivity contribution in [3.8, 4) is 0 Å². The average Bonchev–Trinajstić information content (AvgIpc) is 2.84. The van der Waals surface area contributed by atoms with E-state index in [4.69, 9.17) is 0 Å². The molecule has 7 nitrogen and oxygen atoms in total. The molecular formula is C26H28FN3O4S. The molecule has 3 rings (SSSR count). The van der Waals surface area contributed by atoms with E-state index in [2.05, 4.69) is 15.4 Å². The monoisotopic (exact) mass is 497 g/mol. The van der Waals surface area contributed by atoms with Gasteiger partial charge in [0, 0.05) is 23.7 Å². The number of anilines is 1. The Morgan fingerprint density at radius 1 is 0.914 bits per heavy atom. The second kappa shape index (κ2) is 11.7. The fourth-order valence-corrected chi connectivity index (χ4v) is 4.59. The highest BCUT2D eigenvalue weighted by atomic mass is 32.2. The largest absolute Gasteiger partial charge is 0.340 e. The van der Waals surface area contributed by atoms with Gasteiger partial charge in [-0.05, 0) is 67.4 Å². The van der Waals surface area contributed by atoms with Gasteiger partial charge < -0.3 is 10.6 Å². The van der Waals surface area contributed by atoms with E-state index in [9.17, 15) is 22.4 Å². The molecule has 0 spiro atoms. The molecule has 0 fully saturated rings. The lowest BCUT2D eigenvalue weighted by atomic mass is 10.0. The van der Waals surface area contributed by atoms with E-state index in [-0.39, 0.29) is 22.9 Å². The first kappa shape index (κ1) is 26.1. The molecule has 3 N–H and O–H groups in total. The topological polar surface area (TPSA) is 104 Å². The van der Waals surface area contributed by atoms with E-state index in [1.807, 2.05) is 37.3 Å². The van der Waals surface area contributed by atoms with Crippen molar-refractivity contribution >= 4 is 27.5 Å². The van der Waals surface area contributed by atoms with E-state index in [1.165, 1.54) is 48.5 Å². The summed E-state index contributed by atoms with van der Waals surface area (Å²) < 4.78 is 40.7. The third kappa shape index (κ3) is 7.46. The molecule has 0 aromatic heterocycles. The first-order valence-corrected chi connectivity index (χ1v) is 12.7. The van der Waals surface area contributed by atoms with Gasteiger partial charge in [0.2, 0.25) is 15.9 Å². The third-order valence-electron chi connectivity index (χ3n) is 5.41. The van der Waals surface area contributed by atoms with E-state index < -0.39 is 33.7 Å². The van der Waals surface area contributed by atoms with Crippen LogP contribution in [0.2, 0.25) is 0 Å². The number of nitrogens with one attached hydrogen (secondary N) is 3. The quantitative estimate of drug-likeness (QED) is 0.395. The van der Waals surface area contributed by atoms with Crippen LogP contribution in [0.3, 0.4) is 0 Å². The first-order valence-electron chi connectivity index (χ1n) is 11.2. The molecular weight excluding hydrogens is 469 g/mol. The average molecular weight is 498 g/mol. The summed E-state index contributed by atoms with van der Waals surface area (Å²) in [6.45, 7) is 3.66. The van der Waals surface area contributed by atoms with Gasteiger partial charge in [0.25, 0.3) is 5.91 Å². The number of carbonyl (C=O) groups excluding carboxylic acids is 2. The maximum absolute atomic E-state index is 13.2. The fourth-order valence-electron chi connectivity index (χ4n) is 3.26. The van der Waals surface area contributed by atoms with Crippen LogP contribution < -0.4 is 15.4 Å². The molecule has 0 bridgehead atoms. The summed E-state index contributed by atoms with van der Waals surface area (Å²) in [5.41, 5.74) is 1.44. The van der Waals surface area contributed by atoms with Crippen LogP contribution in [0.5, 0.6) is 0 Å². The molecule has 0 heterocycles. The van der Waals surface area contributed by atoms with Crippen LogP contribution >= 0.6 is 0 Å². The Morgan fingerprint density at radius 3 is 2.14 bits per heavy atom. The predicted molar refractivity (Wildman–Crippen MR) is 133 cm³/mol. The molecule has 0 aliphatic carbocycles. The lowest BCUT2D eigenvalue weighted by molar-refractivity contribution is -0.118. The highest BCUT2D eigenvalue weighted by Crippen LogP contribution is 2.16. The molecule has 0 radical (unpaired) electrons. The van der Waals surface area contributed by atoms with E-state index in [0.717, 1.165) is 5.56 Å². The number of hydrogen-bond acceptors (Lipinski definition) is 4. The van der Waals surface area contributed by atoms with Crippen molar-refractivity contribution in [1.82, 2.24) is 10.0 Å². The van der Waals surface area contributed by atoms with E-state index >= 15 is 0 Å². The Morgan fingerprint density at radius 2 is 1.54 bits per heavy atom. The molecule has 9 heteroatoms. The second-order valence-electron chi connectivity index (χ2n) is 8.17. The molecule has 3 aromatic rings. The summed E-state index contributed by atoms with van der Waals surface area (Å²) in [7, 11) is -3.67. The number of halogens is 1.